The van der Waals surface area contributed by atoms with Crippen molar-refractivity contribution in [1.29, 1.82) is 0 Å². The summed E-state index contributed by atoms with van der Waals surface area (Å²) in [5.41, 5.74) is 0.229. The van der Waals surface area contributed by atoms with Crippen LogP contribution < -0.4 is 10.6 Å². The molecule has 0 spiro atoms. The molecule has 2 aromatic heterocycles. The Labute approximate surface area is 238 Å². The van der Waals surface area contributed by atoms with Gasteiger partial charge in [0.05, 0.1) is 13.1 Å². The Morgan fingerprint density at radius 2 is 1.51 bits per heavy atom. The van der Waals surface area contributed by atoms with E-state index in [-0.39, 0.29) is 12.5 Å². The van der Waals surface area contributed by atoms with Crippen LogP contribution >= 0.6 is 22.7 Å². The fourth-order valence-corrected chi connectivity index (χ4v) is 5.20. The molecule has 3 rings (SSSR count). The van der Waals surface area contributed by atoms with Gasteiger partial charge in [-0.15, -0.1) is 22.7 Å². The first-order chi connectivity index (χ1) is 18.7. The summed E-state index contributed by atoms with van der Waals surface area (Å²) in [5, 5.41) is 9.50. The van der Waals surface area contributed by atoms with E-state index in [1.54, 1.807) is 48.3 Å². The minimum atomic E-state index is -0.759. The summed E-state index contributed by atoms with van der Waals surface area (Å²) in [7, 11) is 0. The van der Waals surface area contributed by atoms with E-state index >= 15 is 0 Å². The Morgan fingerprint density at radius 3 is 2.08 bits per heavy atom. The summed E-state index contributed by atoms with van der Waals surface area (Å²) in [4.78, 5) is 42.3. The lowest BCUT2D eigenvalue weighted by atomic mass is 10.1. The van der Waals surface area contributed by atoms with Crippen LogP contribution in [0.3, 0.4) is 0 Å². The maximum absolute atomic E-state index is 13.8. The van der Waals surface area contributed by atoms with Crippen LogP contribution in [0.4, 0.5) is 9.59 Å². The molecule has 0 fully saturated rings. The van der Waals surface area contributed by atoms with Crippen LogP contribution in [-0.4, -0.2) is 41.2 Å². The molecule has 0 bridgehead atoms. The van der Waals surface area contributed by atoms with Gasteiger partial charge in [-0.05, 0) is 68.5 Å². The summed E-state index contributed by atoms with van der Waals surface area (Å²) < 4.78 is 10.7. The van der Waals surface area contributed by atoms with Crippen molar-refractivity contribution in [2.75, 3.05) is 6.54 Å². The zero-order valence-electron chi connectivity index (χ0n) is 22.7. The van der Waals surface area contributed by atoms with Gasteiger partial charge in [0.2, 0.25) is 5.91 Å². The maximum Gasteiger partial charge on any atom is 0.408 e. The van der Waals surface area contributed by atoms with Crippen molar-refractivity contribution in [3.63, 3.8) is 0 Å². The minimum absolute atomic E-state index is 0.169. The van der Waals surface area contributed by atoms with Crippen LogP contribution in [0.2, 0.25) is 0 Å². The molecule has 0 saturated carbocycles. The lowest BCUT2D eigenvalue weighted by molar-refractivity contribution is -0.134. The predicted octanol–water partition coefficient (Wildman–Crippen LogP) is 6.33. The van der Waals surface area contributed by atoms with Crippen molar-refractivity contribution in [3.05, 3.63) is 80.7 Å². The number of thiophene rings is 2. The number of ether oxygens (including phenoxy) is 2. The van der Waals surface area contributed by atoms with E-state index in [0.29, 0.717) is 38.9 Å². The quantitative estimate of drug-likeness (QED) is 0.234. The molecule has 1 aromatic carbocycles. The molecule has 0 aliphatic heterocycles. The van der Waals surface area contributed by atoms with Crippen molar-refractivity contribution in [1.82, 2.24) is 15.5 Å². The van der Waals surface area contributed by atoms with E-state index in [4.69, 9.17) is 9.47 Å². The van der Waals surface area contributed by atoms with Crippen LogP contribution in [0.5, 0.6) is 0 Å². The van der Waals surface area contributed by atoms with E-state index in [9.17, 15) is 14.4 Å². The van der Waals surface area contributed by atoms with Gasteiger partial charge in [0.15, 0.2) is 0 Å². The Balaban J connectivity index is 1.57. The molecule has 2 N–H and O–H groups in total. The Bertz CT molecular complexity index is 1110. The van der Waals surface area contributed by atoms with E-state index < -0.39 is 23.8 Å². The summed E-state index contributed by atoms with van der Waals surface area (Å²) in [5.74, 6) is -0.169. The molecule has 210 valence electrons. The number of hydrogen-bond donors (Lipinski definition) is 2. The topological polar surface area (TPSA) is 97.0 Å². The van der Waals surface area contributed by atoms with E-state index in [1.165, 1.54) is 0 Å². The summed E-state index contributed by atoms with van der Waals surface area (Å²) in [6.45, 7) is 6.86. The highest BCUT2D eigenvalue weighted by atomic mass is 32.1. The Kier molecular flexibility index (Phi) is 11.8. The molecule has 1 atom stereocenters. The smallest absolute Gasteiger partial charge is 0.408 e. The van der Waals surface area contributed by atoms with Crippen molar-refractivity contribution >= 4 is 40.8 Å². The minimum Gasteiger partial charge on any atom is -0.445 e. The largest absolute Gasteiger partial charge is 0.445 e. The summed E-state index contributed by atoms with van der Waals surface area (Å²) in [6, 6.07) is 16.6. The lowest BCUT2D eigenvalue weighted by Crippen LogP contribution is -2.49. The fraction of sp³-hybridized carbons (Fsp3) is 0.414. The molecule has 0 saturated heterocycles. The van der Waals surface area contributed by atoms with E-state index in [2.05, 4.69) is 10.6 Å². The number of hydrogen-bond acceptors (Lipinski definition) is 7. The first-order valence-corrected chi connectivity index (χ1v) is 14.7. The molecule has 0 radical (unpaired) electrons. The molecular weight excluding hydrogens is 534 g/mol. The van der Waals surface area contributed by atoms with Crippen molar-refractivity contribution in [3.8, 4) is 0 Å². The first kappa shape index (κ1) is 30.2. The first-order valence-electron chi connectivity index (χ1n) is 13.0. The monoisotopic (exact) mass is 571 g/mol. The number of benzene rings is 1. The average Bonchev–Trinajstić information content (AvgIpc) is 3.60. The maximum atomic E-state index is 13.8. The van der Waals surface area contributed by atoms with Gasteiger partial charge in [-0.1, -0.05) is 42.5 Å². The molecule has 1 unspecified atom stereocenters. The Hall–Kier alpha value is -3.37. The van der Waals surface area contributed by atoms with Crippen LogP contribution in [0, 0.1) is 0 Å². The third kappa shape index (κ3) is 11.5. The van der Waals surface area contributed by atoms with Gasteiger partial charge in [-0.25, -0.2) is 9.59 Å². The third-order valence-corrected chi connectivity index (χ3v) is 7.28. The van der Waals surface area contributed by atoms with Gasteiger partial charge in [0.25, 0.3) is 0 Å². The molecule has 0 aliphatic rings. The molecule has 39 heavy (non-hydrogen) atoms. The van der Waals surface area contributed by atoms with E-state index in [1.807, 2.05) is 65.4 Å². The second-order valence-corrected chi connectivity index (χ2v) is 12.1. The van der Waals surface area contributed by atoms with Crippen molar-refractivity contribution in [2.24, 2.45) is 0 Å². The van der Waals surface area contributed by atoms with Crippen LogP contribution in [0.25, 0.3) is 0 Å². The molecule has 3 amide bonds. The molecular formula is C29H37N3O5S2. The molecule has 8 nitrogen and oxygen atoms in total. The number of unbranched alkanes of at least 4 members (excludes halogenated alkanes) is 1. The number of alkyl carbamates (subject to hydrolysis) is 2. The standard InChI is InChI=1S/C29H37N3O5S2/c1-29(2,3)37-28(35)31-25(15-7-8-16-30-27(34)36-21-22-11-5-4-6-12-22)26(33)32(19-23-13-9-17-38-23)20-24-14-10-18-39-24/h4-6,9-14,17-18,25H,7-8,15-16,19-21H2,1-3H3,(H,30,34)(H,31,35). The lowest BCUT2D eigenvalue weighted by Gasteiger charge is -2.28. The molecule has 2 heterocycles. The Morgan fingerprint density at radius 1 is 0.872 bits per heavy atom. The zero-order chi connectivity index (χ0) is 28.1. The van der Waals surface area contributed by atoms with Crippen molar-refractivity contribution < 1.29 is 23.9 Å². The summed E-state index contributed by atoms with van der Waals surface area (Å²) in [6.07, 6.45) is 0.518. The second-order valence-electron chi connectivity index (χ2n) is 10.0. The van der Waals surface area contributed by atoms with Gasteiger partial charge in [0, 0.05) is 16.3 Å². The van der Waals surface area contributed by atoms with Gasteiger partial charge in [-0.3, -0.25) is 4.79 Å². The van der Waals surface area contributed by atoms with Gasteiger partial charge in [-0.2, -0.15) is 0 Å². The number of nitrogens with zero attached hydrogens (tertiary/aromatic N) is 1. The highest BCUT2D eigenvalue weighted by Crippen LogP contribution is 2.19. The molecule has 10 heteroatoms. The summed E-state index contributed by atoms with van der Waals surface area (Å²) >= 11 is 3.18. The number of amides is 3. The number of carbonyl (C=O) groups is 3. The average molecular weight is 572 g/mol. The zero-order valence-corrected chi connectivity index (χ0v) is 24.3. The predicted molar refractivity (Wildman–Crippen MR) is 155 cm³/mol. The van der Waals surface area contributed by atoms with Crippen LogP contribution in [0.1, 0.15) is 55.4 Å². The molecule has 3 aromatic rings. The van der Waals surface area contributed by atoms with Gasteiger partial charge in [0.1, 0.15) is 18.2 Å². The third-order valence-electron chi connectivity index (χ3n) is 5.56. The van der Waals surface area contributed by atoms with E-state index in [0.717, 1.165) is 15.3 Å². The van der Waals surface area contributed by atoms with Crippen molar-refractivity contribution in [2.45, 2.75) is 71.4 Å². The SMILES string of the molecule is CC(C)(C)OC(=O)NC(CCCCNC(=O)OCc1ccccc1)C(=O)N(Cc1cccs1)Cc1cccs1. The number of rotatable bonds is 13. The number of carbonyl (C=O) groups excluding carboxylic acids is 3. The van der Waals surface area contributed by atoms with Crippen LogP contribution in [-0.2, 0) is 34.0 Å². The fourth-order valence-electron chi connectivity index (χ4n) is 3.76. The highest BCUT2D eigenvalue weighted by molar-refractivity contribution is 7.10. The van der Waals surface area contributed by atoms with Gasteiger partial charge < -0.3 is 25.0 Å². The number of nitrogens with one attached hydrogen (secondary N) is 2. The van der Waals surface area contributed by atoms with Gasteiger partial charge >= 0.3 is 12.2 Å². The highest BCUT2D eigenvalue weighted by Gasteiger charge is 2.28. The normalized spacial score (nSPS) is 11.9. The molecule has 0 aliphatic carbocycles. The second kappa shape index (κ2) is 15.3. The van der Waals surface area contributed by atoms with Crippen LogP contribution in [0.15, 0.2) is 65.4 Å².